The molecule has 8 heteroatoms. The lowest BCUT2D eigenvalue weighted by molar-refractivity contribution is 0.0135. The van der Waals surface area contributed by atoms with Crippen LogP contribution < -0.4 is 11.1 Å². The van der Waals surface area contributed by atoms with Crippen molar-refractivity contribution in [3.63, 3.8) is 0 Å². The van der Waals surface area contributed by atoms with Crippen LogP contribution in [0.3, 0.4) is 0 Å². The molecule has 0 aliphatic carbocycles. The van der Waals surface area contributed by atoms with Gasteiger partial charge >= 0.3 is 0 Å². The minimum Gasteiger partial charge on any atom is -0.465 e. The van der Waals surface area contributed by atoms with E-state index in [1.165, 1.54) is 0 Å². The van der Waals surface area contributed by atoms with Gasteiger partial charge in [0.05, 0.1) is 32.4 Å². The number of nitrogens with zero attached hydrogens (tertiary/aromatic N) is 2. The molecule has 1 atom stereocenters. The molecule has 0 bridgehead atoms. The monoisotopic (exact) mass is 438 g/mol. The highest BCUT2D eigenvalue weighted by molar-refractivity contribution is 14.0. The molecule has 0 spiro atoms. The van der Waals surface area contributed by atoms with Crippen LogP contribution in [0, 0.1) is 6.92 Å². The molecule has 23 heavy (non-hydrogen) atoms. The minimum atomic E-state index is 0. The third kappa shape index (κ3) is 6.66. The fourth-order valence-corrected chi connectivity index (χ4v) is 2.43. The number of guanidine groups is 1. The van der Waals surface area contributed by atoms with Gasteiger partial charge in [0, 0.05) is 26.7 Å². The number of rotatable bonds is 7. The number of halogens is 1. The van der Waals surface area contributed by atoms with Crippen molar-refractivity contribution in [1.82, 2.24) is 10.2 Å². The van der Waals surface area contributed by atoms with Crippen LogP contribution in [-0.4, -0.2) is 64.0 Å². The third-order valence-electron chi connectivity index (χ3n) is 3.62. The molecule has 0 amide bonds. The quantitative estimate of drug-likeness (QED) is 0.288. The molecular weight excluding hydrogens is 411 g/mol. The zero-order valence-electron chi connectivity index (χ0n) is 13.8. The van der Waals surface area contributed by atoms with Gasteiger partial charge in [0.1, 0.15) is 11.5 Å². The zero-order chi connectivity index (χ0) is 15.8. The van der Waals surface area contributed by atoms with Gasteiger partial charge in [-0.2, -0.15) is 0 Å². The number of furan rings is 1. The summed E-state index contributed by atoms with van der Waals surface area (Å²) in [6.45, 7) is 6.97. The predicted molar refractivity (Wildman–Crippen MR) is 100 cm³/mol. The summed E-state index contributed by atoms with van der Waals surface area (Å²) in [5.41, 5.74) is 5.89. The predicted octanol–water partition coefficient (Wildman–Crippen LogP) is 1.13. The van der Waals surface area contributed by atoms with Gasteiger partial charge in [-0.05, 0) is 19.1 Å². The van der Waals surface area contributed by atoms with E-state index >= 15 is 0 Å². The molecule has 2 rings (SSSR count). The molecule has 0 radical (unpaired) electrons. The zero-order valence-corrected chi connectivity index (χ0v) is 16.1. The van der Waals surface area contributed by atoms with E-state index in [0.717, 1.165) is 37.8 Å². The molecule has 1 aromatic rings. The lowest BCUT2D eigenvalue weighted by Gasteiger charge is -2.32. The van der Waals surface area contributed by atoms with Crippen LogP contribution in [0.15, 0.2) is 21.5 Å². The van der Waals surface area contributed by atoms with Crippen molar-refractivity contribution in [3.8, 4) is 0 Å². The van der Waals surface area contributed by atoms with Gasteiger partial charge in [-0.25, -0.2) is 0 Å². The van der Waals surface area contributed by atoms with Crippen LogP contribution >= 0.6 is 24.0 Å². The van der Waals surface area contributed by atoms with Crippen molar-refractivity contribution in [2.75, 3.05) is 53.1 Å². The van der Waals surface area contributed by atoms with E-state index in [2.05, 4.69) is 15.2 Å². The first kappa shape index (κ1) is 20.2. The first-order chi connectivity index (χ1) is 10.7. The Labute approximate surface area is 154 Å². The van der Waals surface area contributed by atoms with E-state index in [1.54, 1.807) is 7.11 Å². The maximum Gasteiger partial charge on any atom is 0.188 e. The molecular formula is C15H27IN4O3. The van der Waals surface area contributed by atoms with E-state index in [4.69, 9.17) is 19.6 Å². The first-order valence-corrected chi connectivity index (χ1v) is 7.61. The molecule has 0 saturated carbocycles. The summed E-state index contributed by atoms with van der Waals surface area (Å²) in [4.78, 5) is 6.77. The second kappa shape index (κ2) is 10.8. The number of aryl methyl sites for hydroxylation is 1. The highest BCUT2D eigenvalue weighted by atomic mass is 127. The Morgan fingerprint density at radius 2 is 2.17 bits per heavy atom. The first-order valence-electron chi connectivity index (χ1n) is 7.61. The summed E-state index contributed by atoms with van der Waals surface area (Å²) in [7, 11) is 1.66. The van der Waals surface area contributed by atoms with Crippen molar-refractivity contribution in [1.29, 1.82) is 0 Å². The summed E-state index contributed by atoms with van der Waals surface area (Å²) < 4.78 is 16.2. The average Bonchev–Trinajstić information content (AvgIpc) is 2.95. The molecule has 1 fully saturated rings. The average molecular weight is 438 g/mol. The Morgan fingerprint density at radius 3 is 2.78 bits per heavy atom. The maximum absolute atomic E-state index is 5.89. The van der Waals surface area contributed by atoms with Gasteiger partial charge in [0.15, 0.2) is 5.96 Å². The number of hydrogen-bond donors (Lipinski definition) is 2. The van der Waals surface area contributed by atoms with E-state index < -0.39 is 0 Å². The van der Waals surface area contributed by atoms with Crippen molar-refractivity contribution < 1.29 is 13.9 Å². The molecule has 2 heterocycles. The van der Waals surface area contributed by atoms with E-state index in [1.807, 2.05) is 19.1 Å². The van der Waals surface area contributed by atoms with Crippen LogP contribution in [0.5, 0.6) is 0 Å². The molecule has 3 N–H and O–H groups in total. The standard InChI is InChI=1S/C15H26N4O3.HI/c1-12-3-4-14(22-12)13(19-6-9-21-10-7-19)11-18-15(16)17-5-8-20-2;/h3-4,13H,5-11H2,1-2H3,(H3,16,17,18);1H. The van der Waals surface area contributed by atoms with Crippen LogP contribution in [0.1, 0.15) is 17.6 Å². The Hall–Kier alpha value is -0.840. The molecule has 1 unspecified atom stereocenters. The fraction of sp³-hybridized carbons (Fsp3) is 0.667. The maximum atomic E-state index is 5.89. The van der Waals surface area contributed by atoms with Crippen LogP contribution in [0.4, 0.5) is 0 Å². The lowest BCUT2D eigenvalue weighted by atomic mass is 10.2. The van der Waals surface area contributed by atoms with Gasteiger partial charge < -0.3 is 24.9 Å². The van der Waals surface area contributed by atoms with E-state index in [0.29, 0.717) is 25.7 Å². The summed E-state index contributed by atoms with van der Waals surface area (Å²) in [6.07, 6.45) is 0. The Morgan fingerprint density at radius 1 is 1.43 bits per heavy atom. The van der Waals surface area contributed by atoms with Gasteiger partial charge in [-0.15, -0.1) is 24.0 Å². The summed E-state index contributed by atoms with van der Waals surface area (Å²) >= 11 is 0. The topological polar surface area (TPSA) is 85.2 Å². The smallest absolute Gasteiger partial charge is 0.188 e. The summed E-state index contributed by atoms with van der Waals surface area (Å²) in [6, 6.07) is 4.08. The Kier molecular flexibility index (Phi) is 9.53. The fourth-order valence-electron chi connectivity index (χ4n) is 2.43. The highest BCUT2D eigenvalue weighted by Gasteiger charge is 2.25. The van der Waals surface area contributed by atoms with Gasteiger partial charge in [-0.1, -0.05) is 0 Å². The second-order valence-corrected chi connectivity index (χ2v) is 5.26. The number of methoxy groups -OCH3 is 1. The van der Waals surface area contributed by atoms with Crippen LogP contribution in [-0.2, 0) is 9.47 Å². The van der Waals surface area contributed by atoms with Gasteiger partial charge in [-0.3, -0.25) is 9.89 Å². The number of morpholine rings is 1. The molecule has 7 nitrogen and oxygen atoms in total. The summed E-state index contributed by atoms with van der Waals surface area (Å²) in [5, 5.41) is 3.03. The van der Waals surface area contributed by atoms with Gasteiger partial charge in [0.25, 0.3) is 0 Å². The number of hydrogen-bond acceptors (Lipinski definition) is 5. The van der Waals surface area contributed by atoms with Gasteiger partial charge in [0.2, 0.25) is 0 Å². The van der Waals surface area contributed by atoms with E-state index in [-0.39, 0.29) is 30.0 Å². The van der Waals surface area contributed by atoms with Crippen molar-refractivity contribution in [2.45, 2.75) is 13.0 Å². The van der Waals surface area contributed by atoms with Crippen LogP contribution in [0.2, 0.25) is 0 Å². The van der Waals surface area contributed by atoms with Crippen molar-refractivity contribution in [2.24, 2.45) is 10.7 Å². The van der Waals surface area contributed by atoms with Crippen molar-refractivity contribution in [3.05, 3.63) is 23.7 Å². The normalized spacial score (nSPS) is 17.6. The lowest BCUT2D eigenvalue weighted by Crippen LogP contribution is -2.41. The second-order valence-electron chi connectivity index (χ2n) is 5.26. The molecule has 132 valence electrons. The largest absolute Gasteiger partial charge is 0.465 e. The SMILES string of the molecule is COCCNC(N)=NCC(c1ccc(C)o1)N1CCOCC1.I. The van der Waals surface area contributed by atoms with Crippen LogP contribution in [0.25, 0.3) is 0 Å². The Bertz CT molecular complexity index is 475. The third-order valence-corrected chi connectivity index (χ3v) is 3.62. The number of aliphatic imine (C=N–C) groups is 1. The number of ether oxygens (including phenoxy) is 2. The number of nitrogens with two attached hydrogens (primary N) is 1. The minimum absolute atomic E-state index is 0. The molecule has 1 aromatic heterocycles. The Balaban J connectivity index is 0.00000264. The van der Waals surface area contributed by atoms with Crippen molar-refractivity contribution >= 4 is 29.9 Å². The summed E-state index contributed by atoms with van der Waals surface area (Å²) in [5.74, 6) is 2.26. The molecule has 0 aromatic carbocycles. The molecule has 1 aliphatic rings. The molecule has 1 aliphatic heterocycles. The highest BCUT2D eigenvalue weighted by Crippen LogP contribution is 2.24. The van der Waals surface area contributed by atoms with E-state index in [9.17, 15) is 0 Å². The number of nitrogens with one attached hydrogen (secondary N) is 1. The molecule has 1 saturated heterocycles.